The maximum Gasteiger partial charge on any atom is 0.0481 e. The van der Waals surface area contributed by atoms with Crippen LogP contribution in [0.15, 0.2) is 0 Å². The fraction of sp³-hybridized carbons (Fsp3) is 1.00. The number of likely N-dealkylation sites (tertiary alicyclic amines) is 1. The monoisotopic (exact) mass is 297 g/mol. The van der Waals surface area contributed by atoms with E-state index in [2.05, 4.69) is 11.9 Å². The molecule has 0 aromatic rings. The van der Waals surface area contributed by atoms with Gasteiger partial charge in [0.2, 0.25) is 0 Å². The minimum absolute atomic E-state index is 0. The third-order valence-corrected chi connectivity index (χ3v) is 4.62. The van der Waals surface area contributed by atoms with Gasteiger partial charge in [-0.05, 0) is 39.3 Å². The highest BCUT2D eigenvalue weighted by atomic mass is 35.5. The lowest BCUT2D eigenvalue weighted by atomic mass is 10.0. The molecule has 2 fully saturated rings. The standard InChI is InChI=1S/C11H22N2O3S.ClH/c1-12-6-2-3-11(9-12)13(17(14)15)10-4-7-16-8-5-10;/h10-11H,2-9H2,1H3,(H,14,15);1H/p-1. The highest BCUT2D eigenvalue weighted by molar-refractivity contribution is 7.76. The van der Waals surface area contributed by atoms with Crippen LogP contribution >= 0.6 is 12.4 Å². The molecule has 0 saturated carbocycles. The van der Waals surface area contributed by atoms with Gasteiger partial charge in [0.1, 0.15) is 0 Å². The molecule has 0 radical (unpaired) electrons. The summed E-state index contributed by atoms with van der Waals surface area (Å²) in [7, 11) is 2.06. The molecule has 0 amide bonds. The molecule has 2 saturated heterocycles. The molecule has 2 heterocycles. The normalized spacial score (nSPS) is 28.9. The van der Waals surface area contributed by atoms with E-state index in [0.717, 1.165) is 38.8 Å². The van der Waals surface area contributed by atoms with E-state index < -0.39 is 11.3 Å². The maximum absolute atomic E-state index is 11.5. The zero-order valence-corrected chi connectivity index (χ0v) is 12.4. The van der Waals surface area contributed by atoms with E-state index >= 15 is 0 Å². The van der Waals surface area contributed by atoms with Crippen molar-refractivity contribution in [1.82, 2.24) is 9.21 Å². The number of nitrogens with zero attached hydrogens (tertiary/aromatic N) is 2. The summed E-state index contributed by atoms with van der Waals surface area (Å²) in [6.45, 7) is 3.29. The first-order valence-electron chi connectivity index (χ1n) is 6.32. The van der Waals surface area contributed by atoms with Gasteiger partial charge in [0.05, 0.1) is 0 Å². The first kappa shape index (κ1) is 16.3. The molecule has 108 valence electrons. The number of hydrogen-bond acceptors (Lipinski definition) is 4. The Morgan fingerprint density at radius 1 is 1.28 bits per heavy atom. The van der Waals surface area contributed by atoms with E-state index in [9.17, 15) is 8.76 Å². The lowest BCUT2D eigenvalue weighted by molar-refractivity contribution is 0.0384. The lowest BCUT2D eigenvalue weighted by Gasteiger charge is -2.43. The highest BCUT2D eigenvalue weighted by Gasteiger charge is 2.31. The van der Waals surface area contributed by atoms with E-state index in [-0.39, 0.29) is 24.5 Å². The third-order valence-electron chi connectivity index (χ3n) is 3.68. The summed E-state index contributed by atoms with van der Waals surface area (Å²) in [4.78, 5) is 2.22. The molecule has 0 N–H and O–H groups in total. The Morgan fingerprint density at radius 3 is 2.50 bits per heavy atom. The number of hydrogen-bond donors (Lipinski definition) is 0. The van der Waals surface area contributed by atoms with E-state index in [1.807, 2.05) is 0 Å². The van der Waals surface area contributed by atoms with Crippen LogP contribution in [-0.2, 0) is 16.0 Å². The molecule has 0 aromatic carbocycles. The average molecular weight is 298 g/mol. The molecule has 2 rings (SSSR count). The summed E-state index contributed by atoms with van der Waals surface area (Å²) in [6, 6.07) is 0.286. The van der Waals surface area contributed by atoms with Crippen molar-refractivity contribution in [2.75, 3.05) is 33.4 Å². The molecule has 0 spiro atoms. The van der Waals surface area contributed by atoms with Crippen LogP contribution < -0.4 is 0 Å². The average Bonchev–Trinajstić information content (AvgIpc) is 2.30. The second-order valence-corrected chi connectivity index (χ2v) is 5.83. The number of ether oxygens (including phenoxy) is 1. The van der Waals surface area contributed by atoms with Crippen molar-refractivity contribution >= 4 is 23.7 Å². The van der Waals surface area contributed by atoms with Crippen molar-refractivity contribution in [1.29, 1.82) is 0 Å². The van der Waals surface area contributed by atoms with Crippen LogP contribution in [0.2, 0.25) is 0 Å². The minimum Gasteiger partial charge on any atom is -0.760 e. The van der Waals surface area contributed by atoms with Gasteiger partial charge in [-0.1, -0.05) is 0 Å². The van der Waals surface area contributed by atoms with Crippen molar-refractivity contribution in [2.45, 2.75) is 37.8 Å². The van der Waals surface area contributed by atoms with Gasteiger partial charge in [-0.25, -0.2) is 4.31 Å². The molecular formula is C11H22ClN2O3S-. The highest BCUT2D eigenvalue weighted by Crippen LogP contribution is 2.23. The van der Waals surface area contributed by atoms with Gasteiger partial charge in [0, 0.05) is 43.1 Å². The zero-order chi connectivity index (χ0) is 12.3. The van der Waals surface area contributed by atoms with Crippen molar-refractivity contribution < 1.29 is 13.5 Å². The van der Waals surface area contributed by atoms with E-state index in [1.165, 1.54) is 0 Å². The van der Waals surface area contributed by atoms with E-state index in [4.69, 9.17) is 4.74 Å². The van der Waals surface area contributed by atoms with Gasteiger partial charge < -0.3 is 14.2 Å². The molecule has 5 nitrogen and oxygen atoms in total. The van der Waals surface area contributed by atoms with Gasteiger partial charge in [0.25, 0.3) is 0 Å². The molecule has 7 heteroatoms. The minimum atomic E-state index is -2.11. The number of halogens is 1. The number of rotatable bonds is 3. The van der Waals surface area contributed by atoms with Crippen molar-refractivity contribution in [3.8, 4) is 0 Å². The quantitative estimate of drug-likeness (QED) is 0.722. The molecule has 0 aliphatic carbocycles. The number of likely N-dealkylation sites (N-methyl/N-ethyl adjacent to an activating group) is 1. The number of piperidine rings is 1. The predicted octanol–water partition coefficient (Wildman–Crippen LogP) is 0.777. The molecule has 0 aromatic heterocycles. The Kier molecular flexibility index (Phi) is 7.05. The predicted molar refractivity (Wildman–Crippen MR) is 72.4 cm³/mol. The zero-order valence-electron chi connectivity index (χ0n) is 10.7. The van der Waals surface area contributed by atoms with Gasteiger partial charge >= 0.3 is 0 Å². The van der Waals surface area contributed by atoms with Crippen LogP contribution in [0.5, 0.6) is 0 Å². The molecule has 0 bridgehead atoms. The van der Waals surface area contributed by atoms with Gasteiger partial charge in [-0.3, -0.25) is 4.21 Å². The summed E-state index contributed by atoms with van der Waals surface area (Å²) in [6.07, 6.45) is 3.72. The van der Waals surface area contributed by atoms with Crippen molar-refractivity contribution in [2.24, 2.45) is 0 Å². The third kappa shape index (κ3) is 4.15. The summed E-state index contributed by atoms with van der Waals surface area (Å²) in [5.74, 6) is 0. The van der Waals surface area contributed by atoms with Gasteiger partial charge in [0.15, 0.2) is 0 Å². The topological polar surface area (TPSA) is 55.8 Å². The summed E-state index contributed by atoms with van der Waals surface area (Å²) >= 11 is -2.11. The van der Waals surface area contributed by atoms with Crippen LogP contribution in [0.25, 0.3) is 0 Å². The maximum atomic E-state index is 11.5. The Balaban J connectivity index is 0.00000162. The molecular weight excluding hydrogens is 276 g/mol. The second kappa shape index (κ2) is 7.77. The first-order chi connectivity index (χ1) is 8.18. The van der Waals surface area contributed by atoms with Crippen molar-refractivity contribution in [3.05, 3.63) is 0 Å². The van der Waals surface area contributed by atoms with Crippen LogP contribution in [0.1, 0.15) is 25.7 Å². The summed E-state index contributed by atoms with van der Waals surface area (Å²) < 4.78 is 29.9. The molecule has 2 aliphatic rings. The van der Waals surface area contributed by atoms with Crippen LogP contribution in [0.4, 0.5) is 0 Å². The van der Waals surface area contributed by atoms with E-state index in [1.54, 1.807) is 4.31 Å². The van der Waals surface area contributed by atoms with Crippen molar-refractivity contribution in [3.63, 3.8) is 0 Å². The van der Waals surface area contributed by atoms with Gasteiger partial charge in [-0.2, -0.15) is 0 Å². The summed E-state index contributed by atoms with van der Waals surface area (Å²) in [5, 5.41) is 0. The summed E-state index contributed by atoms with van der Waals surface area (Å²) in [5.41, 5.74) is 0. The fourth-order valence-corrected chi connectivity index (χ4v) is 3.70. The Morgan fingerprint density at radius 2 is 1.94 bits per heavy atom. The molecule has 2 atom stereocenters. The van der Waals surface area contributed by atoms with E-state index in [0.29, 0.717) is 13.2 Å². The molecule has 2 aliphatic heterocycles. The Bertz CT molecular complexity index is 277. The Hall–Kier alpha value is 0.280. The molecule has 18 heavy (non-hydrogen) atoms. The Labute approximate surface area is 118 Å². The fourth-order valence-electron chi connectivity index (χ4n) is 2.83. The SMILES string of the molecule is CN1CCCC(N(C2CCOCC2)S(=O)[O-])C1.Cl. The smallest absolute Gasteiger partial charge is 0.0481 e. The van der Waals surface area contributed by atoms with Crippen LogP contribution in [-0.4, -0.2) is 63.4 Å². The van der Waals surface area contributed by atoms with Crippen LogP contribution in [0, 0.1) is 0 Å². The largest absolute Gasteiger partial charge is 0.760 e. The first-order valence-corrected chi connectivity index (χ1v) is 7.35. The van der Waals surface area contributed by atoms with Gasteiger partial charge in [-0.15, -0.1) is 12.4 Å². The lowest BCUT2D eigenvalue weighted by Crippen LogP contribution is -2.52. The van der Waals surface area contributed by atoms with Crippen LogP contribution in [0.3, 0.4) is 0 Å². The molecule has 2 unspecified atom stereocenters. The second-order valence-electron chi connectivity index (χ2n) is 4.98.